The average Bonchev–Trinajstić information content (AvgIpc) is 2.09. The van der Waals surface area contributed by atoms with Gasteiger partial charge in [-0.1, -0.05) is 12.1 Å². The monoisotopic (exact) mass is 257 g/mol. The molecule has 76 valence electrons. The number of nitrogens with two attached hydrogens (primary N) is 1. The standard InChI is InChI=1S/C11H13BrFN/c1-3-6-11(2,14)8-4-5-10(13)9(12)7-8/h3-5,7H,1,6,14H2,2H3/t11-/m0/s1. The van der Waals surface area contributed by atoms with Crippen molar-refractivity contribution in [2.45, 2.75) is 18.9 Å². The third kappa shape index (κ3) is 2.42. The van der Waals surface area contributed by atoms with Gasteiger partial charge in [-0.05, 0) is 47.0 Å². The Bertz CT molecular complexity index is 347. The van der Waals surface area contributed by atoms with Gasteiger partial charge in [0, 0.05) is 5.54 Å². The molecule has 3 heteroatoms. The van der Waals surface area contributed by atoms with Gasteiger partial charge in [0.2, 0.25) is 0 Å². The highest BCUT2D eigenvalue weighted by molar-refractivity contribution is 9.10. The van der Waals surface area contributed by atoms with E-state index >= 15 is 0 Å². The molecule has 0 bridgehead atoms. The molecule has 0 aromatic heterocycles. The van der Waals surface area contributed by atoms with Crippen molar-refractivity contribution in [3.8, 4) is 0 Å². The van der Waals surface area contributed by atoms with Crippen molar-refractivity contribution >= 4 is 15.9 Å². The summed E-state index contributed by atoms with van der Waals surface area (Å²) in [6, 6.07) is 4.82. The van der Waals surface area contributed by atoms with Crippen LogP contribution >= 0.6 is 15.9 Å². The Morgan fingerprint density at radius 2 is 2.29 bits per heavy atom. The number of hydrogen-bond acceptors (Lipinski definition) is 1. The number of hydrogen-bond donors (Lipinski definition) is 1. The Morgan fingerprint density at radius 1 is 1.64 bits per heavy atom. The van der Waals surface area contributed by atoms with E-state index in [1.54, 1.807) is 18.2 Å². The Hall–Kier alpha value is -0.670. The maximum Gasteiger partial charge on any atom is 0.137 e. The number of halogens is 2. The first-order valence-electron chi connectivity index (χ1n) is 4.32. The summed E-state index contributed by atoms with van der Waals surface area (Å²) in [6.45, 7) is 5.54. The Labute approximate surface area is 91.9 Å². The first-order valence-corrected chi connectivity index (χ1v) is 5.12. The van der Waals surface area contributed by atoms with Crippen LogP contribution in [-0.4, -0.2) is 0 Å². The Kier molecular flexibility index (Phi) is 3.45. The van der Waals surface area contributed by atoms with E-state index in [4.69, 9.17) is 5.73 Å². The number of rotatable bonds is 3. The molecule has 0 saturated heterocycles. The lowest BCUT2D eigenvalue weighted by Gasteiger charge is -2.23. The van der Waals surface area contributed by atoms with Crippen LogP contribution in [0.25, 0.3) is 0 Å². The predicted octanol–water partition coefficient (Wildman–Crippen LogP) is 3.34. The minimum atomic E-state index is -0.488. The molecule has 14 heavy (non-hydrogen) atoms. The van der Waals surface area contributed by atoms with Gasteiger partial charge in [-0.3, -0.25) is 0 Å². The lowest BCUT2D eigenvalue weighted by Crippen LogP contribution is -2.32. The topological polar surface area (TPSA) is 26.0 Å². The minimum Gasteiger partial charge on any atom is -0.321 e. The summed E-state index contributed by atoms with van der Waals surface area (Å²) in [6.07, 6.45) is 2.42. The molecule has 1 nitrogen and oxygen atoms in total. The Balaban J connectivity index is 3.07. The third-order valence-corrected chi connectivity index (χ3v) is 2.76. The van der Waals surface area contributed by atoms with Crippen molar-refractivity contribution in [2.24, 2.45) is 5.73 Å². The molecular formula is C11H13BrFN. The first kappa shape index (κ1) is 11.4. The summed E-state index contributed by atoms with van der Waals surface area (Å²) in [4.78, 5) is 0. The normalized spacial score (nSPS) is 14.9. The zero-order valence-electron chi connectivity index (χ0n) is 8.06. The van der Waals surface area contributed by atoms with Crippen molar-refractivity contribution in [2.75, 3.05) is 0 Å². The summed E-state index contributed by atoms with van der Waals surface area (Å²) in [5.41, 5.74) is 6.46. The highest BCUT2D eigenvalue weighted by atomic mass is 79.9. The summed E-state index contributed by atoms with van der Waals surface area (Å²) >= 11 is 3.13. The first-order chi connectivity index (χ1) is 6.47. The maximum absolute atomic E-state index is 13.0. The molecule has 0 aliphatic carbocycles. The lowest BCUT2D eigenvalue weighted by molar-refractivity contribution is 0.500. The van der Waals surface area contributed by atoms with Gasteiger partial charge >= 0.3 is 0 Å². The second kappa shape index (κ2) is 4.24. The van der Waals surface area contributed by atoms with E-state index in [2.05, 4.69) is 22.5 Å². The van der Waals surface area contributed by atoms with Crippen LogP contribution < -0.4 is 5.73 Å². The van der Waals surface area contributed by atoms with E-state index in [1.165, 1.54) is 6.07 Å². The molecule has 0 saturated carbocycles. The van der Waals surface area contributed by atoms with Gasteiger partial charge in [0.1, 0.15) is 5.82 Å². The molecule has 1 aromatic carbocycles. The minimum absolute atomic E-state index is 0.275. The van der Waals surface area contributed by atoms with Crippen molar-refractivity contribution < 1.29 is 4.39 Å². The molecule has 0 aliphatic heterocycles. The molecule has 0 radical (unpaired) electrons. The largest absolute Gasteiger partial charge is 0.321 e. The summed E-state index contributed by atoms with van der Waals surface area (Å²) in [5.74, 6) is -0.275. The van der Waals surface area contributed by atoms with Crippen LogP contribution in [0.3, 0.4) is 0 Å². The van der Waals surface area contributed by atoms with Crippen LogP contribution in [0, 0.1) is 5.82 Å². The summed E-state index contributed by atoms with van der Waals surface area (Å²) in [7, 11) is 0. The molecule has 1 rings (SSSR count). The second-order valence-electron chi connectivity index (χ2n) is 3.54. The van der Waals surface area contributed by atoms with Crippen LogP contribution in [0.15, 0.2) is 35.3 Å². The van der Waals surface area contributed by atoms with E-state index in [0.717, 1.165) is 5.56 Å². The van der Waals surface area contributed by atoms with Gasteiger partial charge in [-0.2, -0.15) is 0 Å². The van der Waals surface area contributed by atoms with Crippen LogP contribution in [0.4, 0.5) is 4.39 Å². The Morgan fingerprint density at radius 3 is 2.79 bits per heavy atom. The molecule has 1 atom stereocenters. The zero-order valence-corrected chi connectivity index (χ0v) is 9.64. The van der Waals surface area contributed by atoms with E-state index in [0.29, 0.717) is 10.9 Å². The van der Waals surface area contributed by atoms with Gasteiger partial charge in [0.05, 0.1) is 4.47 Å². The van der Waals surface area contributed by atoms with E-state index < -0.39 is 5.54 Å². The molecule has 2 N–H and O–H groups in total. The van der Waals surface area contributed by atoms with Gasteiger partial charge in [-0.15, -0.1) is 6.58 Å². The highest BCUT2D eigenvalue weighted by Gasteiger charge is 2.19. The van der Waals surface area contributed by atoms with E-state index in [1.807, 2.05) is 6.92 Å². The molecule has 0 spiro atoms. The van der Waals surface area contributed by atoms with Gasteiger partial charge in [0.15, 0.2) is 0 Å². The molecule has 0 unspecified atom stereocenters. The molecular weight excluding hydrogens is 245 g/mol. The molecule has 0 amide bonds. The van der Waals surface area contributed by atoms with Gasteiger partial charge in [0.25, 0.3) is 0 Å². The fourth-order valence-electron chi connectivity index (χ4n) is 1.27. The molecule has 0 heterocycles. The molecule has 0 fully saturated rings. The van der Waals surface area contributed by atoms with Gasteiger partial charge in [-0.25, -0.2) is 4.39 Å². The highest BCUT2D eigenvalue weighted by Crippen LogP contribution is 2.26. The van der Waals surface area contributed by atoms with Crippen molar-refractivity contribution in [1.82, 2.24) is 0 Å². The summed E-state index contributed by atoms with van der Waals surface area (Å²) < 4.78 is 13.4. The predicted molar refractivity (Wildman–Crippen MR) is 60.5 cm³/mol. The SMILES string of the molecule is C=CC[C@](C)(N)c1ccc(F)c(Br)c1. The van der Waals surface area contributed by atoms with Gasteiger partial charge < -0.3 is 5.73 Å². The lowest BCUT2D eigenvalue weighted by atomic mass is 9.90. The van der Waals surface area contributed by atoms with Crippen molar-refractivity contribution in [3.05, 3.63) is 46.7 Å². The quantitative estimate of drug-likeness (QED) is 0.827. The van der Waals surface area contributed by atoms with Crippen LogP contribution in [0.2, 0.25) is 0 Å². The molecule has 1 aromatic rings. The van der Waals surface area contributed by atoms with Crippen molar-refractivity contribution in [3.63, 3.8) is 0 Å². The fourth-order valence-corrected chi connectivity index (χ4v) is 1.65. The van der Waals surface area contributed by atoms with E-state index in [9.17, 15) is 4.39 Å². The fraction of sp³-hybridized carbons (Fsp3) is 0.273. The third-order valence-electron chi connectivity index (χ3n) is 2.15. The van der Waals surface area contributed by atoms with Crippen molar-refractivity contribution in [1.29, 1.82) is 0 Å². The van der Waals surface area contributed by atoms with E-state index in [-0.39, 0.29) is 5.82 Å². The smallest absolute Gasteiger partial charge is 0.137 e. The zero-order chi connectivity index (χ0) is 10.8. The average molecular weight is 258 g/mol. The van der Waals surface area contributed by atoms with Crippen LogP contribution in [0.1, 0.15) is 18.9 Å². The second-order valence-corrected chi connectivity index (χ2v) is 4.39. The number of benzene rings is 1. The summed E-state index contributed by atoms with van der Waals surface area (Å²) in [5, 5.41) is 0. The van der Waals surface area contributed by atoms with Crippen LogP contribution in [-0.2, 0) is 5.54 Å². The maximum atomic E-state index is 13.0. The molecule has 0 aliphatic rings. The van der Waals surface area contributed by atoms with Crippen LogP contribution in [0.5, 0.6) is 0 Å².